The molecule has 0 radical (unpaired) electrons. The second-order valence-electron chi connectivity index (χ2n) is 9.51. The molecule has 9 heteroatoms. The molecule has 42 heavy (non-hydrogen) atoms. The lowest BCUT2D eigenvalue weighted by Crippen LogP contribution is -2.33. The van der Waals surface area contributed by atoms with Gasteiger partial charge in [0.1, 0.15) is 0 Å². The van der Waals surface area contributed by atoms with Crippen molar-refractivity contribution in [1.29, 1.82) is 0 Å². The third kappa shape index (κ3) is 7.04. The van der Waals surface area contributed by atoms with E-state index in [1.165, 1.54) is 12.1 Å². The monoisotopic (exact) mass is 574 g/mol. The average Bonchev–Trinajstić information content (AvgIpc) is 2.99. The van der Waals surface area contributed by atoms with Gasteiger partial charge in [0.05, 0.1) is 11.5 Å². The second-order valence-corrected chi connectivity index (χ2v) is 9.51. The maximum Gasteiger partial charge on any atom is 0.416 e. The number of alkyl halides is 3. The quantitative estimate of drug-likeness (QED) is 0.208. The summed E-state index contributed by atoms with van der Waals surface area (Å²) in [5.74, 6) is -2.48. The molecule has 0 saturated heterocycles. The molecule has 2 unspecified atom stereocenters. The van der Waals surface area contributed by atoms with Crippen molar-refractivity contribution in [3.63, 3.8) is 0 Å². The van der Waals surface area contributed by atoms with E-state index in [-0.39, 0.29) is 5.56 Å². The first-order chi connectivity index (χ1) is 20.1. The minimum atomic E-state index is -4.47. The van der Waals surface area contributed by atoms with E-state index >= 15 is 0 Å². The van der Waals surface area contributed by atoms with Crippen LogP contribution in [0.3, 0.4) is 0 Å². The molecule has 0 bridgehead atoms. The van der Waals surface area contributed by atoms with E-state index in [2.05, 4.69) is 10.6 Å². The van der Waals surface area contributed by atoms with Gasteiger partial charge in [-0.15, -0.1) is 0 Å². The van der Waals surface area contributed by atoms with Crippen molar-refractivity contribution in [2.45, 2.75) is 32.0 Å². The summed E-state index contributed by atoms with van der Waals surface area (Å²) in [4.78, 5) is 39.5. The Morgan fingerprint density at radius 2 is 1.43 bits per heavy atom. The Morgan fingerprint density at radius 1 is 0.810 bits per heavy atom. The number of benzene rings is 4. The SMILES string of the molecule is CCNC(=O)C(OC(=O)C(C)c1ccccc1NC(=O)c1ccccc1-c1ccc(C(F)(F)F)cc1)c1ccccc1. The summed E-state index contributed by atoms with van der Waals surface area (Å²) >= 11 is 0. The first-order valence-electron chi connectivity index (χ1n) is 13.3. The van der Waals surface area contributed by atoms with Crippen molar-refractivity contribution < 1.29 is 32.3 Å². The van der Waals surface area contributed by atoms with E-state index in [0.717, 1.165) is 12.1 Å². The number of likely N-dealkylation sites (N-methyl/N-ethyl adjacent to an activating group) is 1. The Balaban J connectivity index is 1.57. The number of anilines is 1. The number of halogens is 3. The van der Waals surface area contributed by atoms with Crippen LogP contribution in [0, 0.1) is 0 Å². The number of carbonyl (C=O) groups is 3. The van der Waals surface area contributed by atoms with E-state index in [9.17, 15) is 27.6 Å². The number of amides is 2. The predicted molar refractivity (Wildman–Crippen MR) is 154 cm³/mol. The van der Waals surface area contributed by atoms with Crippen molar-refractivity contribution in [1.82, 2.24) is 5.32 Å². The number of para-hydroxylation sites is 1. The number of hydrogen-bond acceptors (Lipinski definition) is 4. The number of ether oxygens (including phenoxy) is 1. The molecule has 2 atom stereocenters. The van der Waals surface area contributed by atoms with Crippen LogP contribution in [0.4, 0.5) is 18.9 Å². The van der Waals surface area contributed by atoms with Crippen LogP contribution in [0.1, 0.15) is 52.9 Å². The highest BCUT2D eigenvalue weighted by molar-refractivity contribution is 6.09. The molecule has 4 aromatic carbocycles. The Kier molecular flexibility index (Phi) is 9.42. The van der Waals surface area contributed by atoms with E-state index < -0.39 is 41.5 Å². The van der Waals surface area contributed by atoms with Crippen LogP contribution in [0.15, 0.2) is 103 Å². The predicted octanol–water partition coefficient (Wildman–Crippen LogP) is 7.15. The molecule has 6 nitrogen and oxygen atoms in total. The number of esters is 1. The summed E-state index contributed by atoms with van der Waals surface area (Å²) in [7, 11) is 0. The van der Waals surface area contributed by atoms with Crippen LogP contribution in [0.25, 0.3) is 11.1 Å². The summed E-state index contributed by atoms with van der Waals surface area (Å²) in [5.41, 5.74) is 1.67. The molecule has 0 aromatic heterocycles. The zero-order valence-corrected chi connectivity index (χ0v) is 22.9. The molecule has 0 aliphatic carbocycles. The number of nitrogens with one attached hydrogen (secondary N) is 2. The van der Waals surface area contributed by atoms with Gasteiger partial charge in [0.2, 0.25) is 6.10 Å². The van der Waals surface area contributed by atoms with Gasteiger partial charge in [0, 0.05) is 23.4 Å². The van der Waals surface area contributed by atoms with Crippen molar-refractivity contribution in [3.8, 4) is 11.1 Å². The summed E-state index contributed by atoms with van der Waals surface area (Å²) in [6, 6.07) is 26.5. The number of hydrogen-bond donors (Lipinski definition) is 2. The third-order valence-electron chi connectivity index (χ3n) is 6.65. The Morgan fingerprint density at radius 3 is 2.10 bits per heavy atom. The smallest absolute Gasteiger partial charge is 0.416 e. The van der Waals surface area contributed by atoms with Crippen molar-refractivity contribution in [2.75, 3.05) is 11.9 Å². The first kappa shape index (κ1) is 30.0. The van der Waals surface area contributed by atoms with Gasteiger partial charge in [-0.25, -0.2) is 0 Å². The van der Waals surface area contributed by atoms with Gasteiger partial charge in [-0.1, -0.05) is 78.9 Å². The Hall–Kier alpha value is -4.92. The van der Waals surface area contributed by atoms with Crippen molar-refractivity contribution in [2.24, 2.45) is 0 Å². The summed E-state index contributed by atoms with van der Waals surface area (Å²) in [6.07, 6.45) is -5.63. The summed E-state index contributed by atoms with van der Waals surface area (Å²) < 4.78 is 44.8. The maximum absolute atomic E-state index is 13.4. The molecule has 0 aliphatic heterocycles. The fourth-order valence-electron chi connectivity index (χ4n) is 4.46. The lowest BCUT2D eigenvalue weighted by Gasteiger charge is -2.21. The highest BCUT2D eigenvalue weighted by Gasteiger charge is 2.31. The van der Waals surface area contributed by atoms with Crippen LogP contribution in [0.2, 0.25) is 0 Å². The number of rotatable bonds is 9. The lowest BCUT2D eigenvalue weighted by molar-refractivity contribution is -0.157. The van der Waals surface area contributed by atoms with Crippen LogP contribution in [0.5, 0.6) is 0 Å². The molecule has 0 saturated carbocycles. The molecule has 2 N–H and O–H groups in total. The van der Waals surface area contributed by atoms with Gasteiger partial charge < -0.3 is 15.4 Å². The molecule has 4 rings (SSSR count). The van der Waals surface area contributed by atoms with Gasteiger partial charge in [0.15, 0.2) is 0 Å². The zero-order valence-electron chi connectivity index (χ0n) is 22.9. The lowest BCUT2D eigenvalue weighted by atomic mass is 9.96. The van der Waals surface area contributed by atoms with Crippen LogP contribution < -0.4 is 10.6 Å². The van der Waals surface area contributed by atoms with Gasteiger partial charge in [0.25, 0.3) is 11.8 Å². The molecule has 216 valence electrons. The van der Waals surface area contributed by atoms with E-state index in [1.807, 2.05) is 0 Å². The average molecular weight is 575 g/mol. The first-order valence-corrected chi connectivity index (χ1v) is 13.3. The highest BCUT2D eigenvalue weighted by Crippen LogP contribution is 2.33. The van der Waals surface area contributed by atoms with Gasteiger partial charge >= 0.3 is 12.1 Å². The molecule has 0 heterocycles. The van der Waals surface area contributed by atoms with Crippen molar-refractivity contribution >= 4 is 23.5 Å². The van der Waals surface area contributed by atoms with Gasteiger partial charge in [-0.05, 0) is 54.8 Å². The van der Waals surface area contributed by atoms with Crippen LogP contribution in [-0.4, -0.2) is 24.3 Å². The Labute approximate surface area is 241 Å². The van der Waals surface area contributed by atoms with Crippen LogP contribution in [-0.2, 0) is 20.5 Å². The van der Waals surface area contributed by atoms with Crippen molar-refractivity contribution in [3.05, 3.63) is 125 Å². The molecular formula is C33H29F3N2O4. The molecule has 0 spiro atoms. The fraction of sp³-hybridized carbons (Fsp3) is 0.182. The minimum absolute atomic E-state index is 0.239. The minimum Gasteiger partial charge on any atom is -0.447 e. The van der Waals surface area contributed by atoms with E-state index in [0.29, 0.717) is 34.5 Å². The molecule has 0 fully saturated rings. The Bertz CT molecular complexity index is 1550. The van der Waals surface area contributed by atoms with E-state index in [4.69, 9.17) is 4.74 Å². The second kappa shape index (κ2) is 13.2. The number of carbonyl (C=O) groups excluding carboxylic acids is 3. The summed E-state index contributed by atoms with van der Waals surface area (Å²) in [5, 5.41) is 5.51. The normalized spacial score (nSPS) is 12.6. The van der Waals surface area contributed by atoms with E-state index in [1.54, 1.807) is 92.7 Å². The van der Waals surface area contributed by atoms with Gasteiger partial charge in [-0.2, -0.15) is 13.2 Å². The van der Waals surface area contributed by atoms with Crippen LogP contribution >= 0.6 is 0 Å². The largest absolute Gasteiger partial charge is 0.447 e. The molecule has 2 amide bonds. The highest BCUT2D eigenvalue weighted by atomic mass is 19.4. The standard InChI is InChI=1S/C33H29F3N2O4/c1-3-37-31(40)29(23-11-5-4-6-12-23)42-32(41)21(2)25-13-9-10-16-28(25)38-30(39)27-15-8-7-14-26(27)22-17-19-24(20-18-22)33(34,35)36/h4-21,29H,3H2,1-2H3,(H,37,40)(H,38,39). The third-order valence-corrected chi connectivity index (χ3v) is 6.65. The molecule has 0 aliphatic rings. The fourth-order valence-corrected chi connectivity index (χ4v) is 4.46. The molecule has 4 aromatic rings. The van der Waals surface area contributed by atoms with Gasteiger partial charge in [-0.3, -0.25) is 14.4 Å². The zero-order chi connectivity index (χ0) is 30.3. The maximum atomic E-state index is 13.4. The topological polar surface area (TPSA) is 84.5 Å². The summed E-state index contributed by atoms with van der Waals surface area (Å²) in [6.45, 7) is 3.74. The molecular weight excluding hydrogens is 545 g/mol.